The first-order chi connectivity index (χ1) is 7.00. The van der Waals surface area contributed by atoms with Crippen molar-refractivity contribution in [2.75, 3.05) is 0 Å². The van der Waals surface area contributed by atoms with Crippen LogP contribution >= 0.6 is 0 Å². The number of nitro groups is 1. The number of non-ortho nitro benzene ring substituents is 1. The Morgan fingerprint density at radius 3 is 2.20 bits per heavy atom. The minimum atomic E-state index is -2.82. The molecule has 78 valence electrons. The van der Waals surface area contributed by atoms with E-state index in [4.69, 9.17) is 0 Å². The number of nitrogens with zero attached hydrogens (tertiary/aromatic N) is 2. The molecule has 1 amide bonds. The van der Waals surface area contributed by atoms with Gasteiger partial charge in [0.25, 0.3) is 11.6 Å². The van der Waals surface area contributed by atoms with Gasteiger partial charge in [-0.15, -0.1) is 0 Å². The highest BCUT2D eigenvalue weighted by Gasteiger charge is 2.08. The summed E-state index contributed by atoms with van der Waals surface area (Å²) in [6, 6.07) is 4.46. The lowest BCUT2D eigenvalue weighted by Crippen LogP contribution is -1.95. The van der Waals surface area contributed by atoms with Gasteiger partial charge in [0.1, 0.15) is 0 Å². The zero-order valence-corrected chi connectivity index (χ0v) is 7.97. The van der Waals surface area contributed by atoms with Crippen molar-refractivity contribution in [3.8, 4) is 0 Å². The molecule has 0 heterocycles. The van der Waals surface area contributed by atoms with Crippen molar-refractivity contribution in [2.24, 2.45) is 4.36 Å². The number of carbonyl (C=O) groups is 1. The van der Waals surface area contributed by atoms with Crippen molar-refractivity contribution in [1.82, 2.24) is 0 Å². The maximum atomic E-state index is 11.0. The summed E-state index contributed by atoms with van der Waals surface area (Å²) in [5.74, 6) is -0.960. The van der Waals surface area contributed by atoms with Gasteiger partial charge in [-0.3, -0.25) is 14.9 Å². The molecule has 0 N–H and O–H groups in total. The fraction of sp³-hybridized carbons (Fsp3) is 0. The Morgan fingerprint density at radius 2 is 1.80 bits per heavy atom. The molecule has 0 saturated heterocycles. The van der Waals surface area contributed by atoms with E-state index in [1.54, 1.807) is 0 Å². The van der Waals surface area contributed by atoms with Gasteiger partial charge < -0.3 is 0 Å². The topological polar surface area (TPSA) is 107 Å². The Kier molecular flexibility index (Phi) is 3.24. The number of carbonyl (C=O) groups excluding carboxylic acids is 1. The third-order valence-corrected chi connectivity index (χ3v) is 1.80. The standard InChI is InChI=1S/C7H4N2O5S/c10-7(8-15(13)14)5-1-3-6(4-2-5)9(11)12/h1-4H. The molecular weight excluding hydrogens is 224 g/mol. The van der Waals surface area contributed by atoms with Gasteiger partial charge in [-0.25, -0.2) is 0 Å². The van der Waals surface area contributed by atoms with Gasteiger partial charge in [0.05, 0.1) is 4.92 Å². The Labute approximate surface area is 85.2 Å². The van der Waals surface area contributed by atoms with Crippen LogP contribution in [0.4, 0.5) is 5.69 Å². The SMILES string of the molecule is O=C(N=S(=O)=O)c1ccc([N+](=O)[O-])cc1. The summed E-state index contributed by atoms with van der Waals surface area (Å²) in [6.45, 7) is 0. The minimum absolute atomic E-state index is 0.0233. The van der Waals surface area contributed by atoms with E-state index in [-0.39, 0.29) is 11.3 Å². The zero-order chi connectivity index (χ0) is 11.4. The zero-order valence-electron chi connectivity index (χ0n) is 7.15. The van der Waals surface area contributed by atoms with Crippen molar-refractivity contribution in [2.45, 2.75) is 0 Å². The van der Waals surface area contributed by atoms with Crippen LogP contribution in [0.5, 0.6) is 0 Å². The Hall–Kier alpha value is -2.09. The molecular formula is C7H4N2O5S. The third-order valence-electron chi connectivity index (χ3n) is 1.48. The molecule has 0 aliphatic heterocycles. The highest BCUT2D eigenvalue weighted by molar-refractivity contribution is 7.62. The van der Waals surface area contributed by atoms with E-state index in [2.05, 4.69) is 4.36 Å². The maximum absolute atomic E-state index is 11.0. The summed E-state index contributed by atoms with van der Waals surface area (Å²) < 4.78 is 22.9. The Morgan fingerprint density at radius 1 is 1.27 bits per heavy atom. The summed E-state index contributed by atoms with van der Waals surface area (Å²) in [5.41, 5.74) is -0.209. The first-order valence-corrected chi connectivity index (χ1v) is 4.64. The van der Waals surface area contributed by atoms with Crippen LogP contribution in [0.25, 0.3) is 0 Å². The monoisotopic (exact) mass is 228 g/mol. The van der Waals surface area contributed by atoms with Crippen LogP contribution in [0.3, 0.4) is 0 Å². The average Bonchev–Trinajstić information content (AvgIpc) is 2.17. The third kappa shape index (κ3) is 2.95. The molecule has 15 heavy (non-hydrogen) atoms. The lowest BCUT2D eigenvalue weighted by Gasteiger charge is -1.92. The average molecular weight is 228 g/mol. The number of benzene rings is 1. The molecule has 7 nitrogen and oxygen atoms in total. The second-order valence-electron chi connectivity index (χ2n) is 2.42. The molecule has 8 heteroatoms. The van der Waals surface area contributed by atoms with E-state index >= 15 is 0 Å². The number of hydrogen-bond donors (Lipinski definition) is 0. The second kappa shape index (κ2) is 4.42. The van der Waals surface area contributed by atoms with Gasteiger partial charge in [-0.2, -0.15) is 8.42 Å². The predicted octanol–water partition coefficient (Wildman–Crippen LogP) is 0.798. The fourth-order valence-corrected chi connectivity index (χ4v) is 1.09. The van der Waals surface area contributed by atoms with E-state index in [9.17, 15) is 23.3 Å². The van der Waals surface area contributed by atoms with Crippen LogP contribution in [0.15, 0.2) is 28.6 Å². The van der Waals surface area contributed by atoms with Gasteiger partial charge >= 0.3 is 10.5 Å². The van der Waals surface area contributed by atoms with Gasteiger partial charge in [-0.05, 0) is 12.1 Å². The molecule has 0 fully saturated rings. The molecule has 0 aliphatic rings. The number of nitro benzene ring substituents is 1. The molecule has 0 aliphatic carbocycles. The molecule has 1 aromatic carbocycles. The Bertz CT molecular complexity index is 523. The molecule has 0 aromatic heterocycles. The van der Waals surface area contributed by atoms with Crippen LogP contribution in [0.2, 0.25) is 0 Å². The first-order valence-electron chi connectivity index (χ1n) is 3.60. The predicted molar refractivity (Wildman–Crippen MR) is 48.8 cm³/mol. The van der Waals surface area contributed by atoms with Crippen LogP contribution in [-0.4, -0.2) is 19.2 Å². The molecule has 0 unspecified atom stereocenters. The van der Waals surface area contributed by atoms with Gasteiger partial charge in [-0.1, -0.05) is 4.36 Å². The highest BCUT2D eigenvalue weighted by atomic mass is 32.2. The van der Waals surface area contributed by atoms with Crippen LogP contribution in [-0.2, 0) is 10.5 Å². The lowest BCUT2D eigenvalue weighted by atomic mass is 10.2. The minimum Gasteiger partial charge on any atom is -0.266 e. The molecule has 0 saturated carbocycles. The highest BCUT2D eigenvalue weighted by Crippen LogP contribution is 2.12. The summed E-state index contributed by atoms with van der Waals surface area (Å²) in [5, 5.41) is 10.3. The molecule has 0 radical (unpaired) electrons. The van der Waals surface area contributed by atoms with E-state index in [0.717, 1.165) is 24.3 Å². The van der Waals surface area contributed by atoms with Crippen LogP contribution in [0, 0.1) is 10.1 Å². The van der Waals surface area contributed by atoms with Crippen molar-refractivity contribution in [3.63, 3.8) is 0 Å². The molecule has 1 rings (SSSR count). The van der Waals surface area contributed by atoms with E-state index in [1.165, 1.54) is 0 Å². The van der Waals surface area contributed by atoms with Gasteiger partial charge in [0.2, 0.25) is 0 Å². The second-order valence-corrected chi connectivity index (χ2v) is 3.03. The summed E-state index contributed by atoms with van der Waals surface area (Å²) >= 11 is 0. The molecule has 1 aromatic rings. The van der Waals surface area contributed by atoms with Crippen LogP contribution in [0.1, 0.15) is 10.4 Å². The summed E-state index contributed by atoms with van der Waals surface area (Å²) in [4.78, 5) is 20.6. The maximum Gasteiger partial charge on any atom is 0.319 e. The fourth-order valence-electron chi connectivity index (χ4n) is 0.846. The van der Waals surface area contributed by atoms with Crippen molar-refractivity contribution in [1.29, 1.82) is 0 Å². The Balaban J connectivity index is 3.04. The normalized spacial score (nSPS) is 9.33. The largest absolute Gasteiger partial charge is 0.319 e. The van der Waals surface area contributed by atoms with Crippen LogP contribution < -0.4 is 0 Å². The van der Waals surface area contributed by atoms with Crippen molar-refractivity contribution in [3.05, 3.63) is 39.9 Å². The van der Waals surface area contributed by atoms with Gasteiger partial charge in [0.15, 0.2) is 0 Å². The lowest BCUT2D eigenvalue weighted by molar-refractivity contribution is -0.384. The van der Waals surface area contributed by atoms with E-state index in [0.29, 0.717) is 0 Å². The summed E-state index contributed by atoms with van der Waals surface area (Å²) in [6.07, 6.45) is 0. The van der Waals surface area contributed by atoms with Crippen molar-refractivity contribution < 1.29 is 18.1 Å². The number of amides is 1. The van der Waals surface area contributed by atoms with E-state index in [1.807, 2.05) is 0 Å². The first kappa shape index (κ1) is 11.0. The molecule has 0 atom stereocenters. The van der Waals surface area contributed by atoms with Crippen molar-refractivity contribution >= 4 is 22.1 Å². The van der Waals surface area contributed by atoms with Gasteiger partial charge in [0, 0.05) is 17.7 Å². The molecule has 0 bridgehead atoms. The molecule has 0 spiro atoms. The van der Waals surface area contributed by atoms with E-state index < -0.39 is 21.3 Å². The quantitative estimate of drug-likeness (QED) is 0.549. The smallest absolute Gasteiger partial charge is 0.266 e. The number of rotatable bonds is 2. The summed E-state index contributed by atoms with van der Waals surface area (Å²) in [7, 11) is -2.82. The number of hydrogen-bond acceptors (Lipinski definition) is 5.